The first-order valence-electron chi connectivity index (χ1n) is 11.3. The Morgan fingerprint density at radius 3 is 2.74 bits per heavy atom. The number of nitrogens with one attached hydrogen (secondary N) is 1. The van der Waals surface area contributed by atoms with Crippen molar-refractivity contribution >= 4 is 11.7 Å². The summed E-state index contributed by atoms with van der Waals surface area (Å²) < 4.78 is 40.8. The molecule has 1 aliphatic rings. The van der Waals surface area contributed by atoms with E-state index in [0.29, 0.717) is 18.7 Å². The van der Waals surface area contributed by atoms with Crippen LogP contribution in [0.5, 0.6) is 0 Å². The van der Waals surface area contributed by atoms with Crippen molar-refractivity contribution in [2.24, 2.45) is 13.0 Å². The SMILES string of the molecule is Cc1ccc(-c2cnn(C)c2)c(C(=O)N2CCC[C@@H](C)[C@H]2CNc2cccc(C(F)(F)F)n2)c1. The first-order valence-corrected chi connectivity index (χ1v) is 11.3. The fourth-order valence-electron chi connectivity index (χ4n) is 4.51. The van der Waals surface area contributed by atoms with E-state index in [1.54, 1.807) is 10.9 Å². The molecular formula is C25H28F3N5O. The van der Waals surface area contributed by atoms with Gasteiger partial charge in [-0.3, -0.25) is 9.48 Å². The minimum atomic E-state index is -4.51. The molecule has 0 bridgehead atoms. The fourth-order valence-corrected chi connectivity index (χ4v) is 4.51. The molecule has 34 heavy (non-hydrogen) atoms. The fraction of sp³-hybridized carbons (Fsp3) is 0.400. The number of likely N-dealkylation sites (tertiary alicyclic amines) is 1. The van der Waals surface area contributed by atoms with Gasteiger partial charge in [0.1, 0.15) is 11.5 Å². The number of carbonyl (C=O) groups is 1. The van der Waals surface area contributed by atoms with Crippen LogP contribution in [0.15, 0.2) is 48.8 Å². The number of pyridine rings is 1. The number of anilines is 1. The molecule has 0 saturated carbocycles. The lowest BCUT2D eigenvalue weighted by molar-refractivity contribution is -0.141. The largest absolute Gasteiger partial charge is 0.433 e. The molecule has 3 heterocycles. The number of hydrogen-bond acceptors (Lipinski definition) is 4. The van der Waals surface area contributed by atoms with E-state index < -0.39 is 11.9 Å². The molecule has 0 unspecified atom stereocenters. The summed E-state index contributed by atoms with van der Waals surface area (Å²) in [5.74, 6) is 0.243. The van der Waals surface area contributed by atoms with Gasteiger partial charge in [-0.2, -0.15) is 18.3 Å². The maximum absolute atomic E-state index is 13.8. The predicted octanol–water partition coefficient (Wildman–Crippen LogP) is 5.16. The number of benzene rings is 1. The monoisotopic (exact) mass is 471 g/mol. The second-order valence-corrected chi connectivity index (χ2v) is 8.92. The average Bonchev–Trinajstić information content (AvgIpc) is 3.23. The first-order chi connectivity index (χ1) is 16.1. The zero-order valence-corrected chi connectivity index (χ0v) is 19.4. The van der Waals surface area contributed by atoms with Crippen LogP contribution in [-0.2, 0) is 13.2 Å². The summed E-state index contributed by atoms with van der Waals surface area (Å²) in [4.78, 5) is 19.4. The standard InChI is InChI=1S/C25H28F3N5O/c1-16-9-10-19(18-13-30-32(3)15-18)20(12-16)24(34)33-11-5-6-17(2)21(33)14-29-23-8-4-7-22(31-23)25(26,27)28/h4,7-10,12-13,15,17,21H,5-6,11,14H2,1-3H3,(H,29,31)/t17-,21-/m1/s1. The minimum absolute atomic E-state index is 0.0853. The van der Waals surface area contributed by atoms with E-state index in [2.05, 4.69) is 22.3 Å². The number of carbonyl (C=O) groups excluding carboxylic acids is 1. The normalized spacial score (nSPS) is 18.7. The Balaban J connectivity index is 1.60. The van der Waals surface area contributed by atoms with Crippen LogP contribution >= 0.6 is 0 Å². The molecule has 6 nitrogen and oxygen atoms in total. The van der Waals surface area contributed by atoms with Crippen LogP contribution in [0.3, 0.4) is 0 Å². The number of nitrogens with zero attached hydrogens (tertiary/aromatic N) is 4. The van der Waals surface area contributed by atoms with E-state index in [1.165, 1.54) is 12.1 Å². The summed E-state index contributed by atoms with van der Waals surface area (Å²) in [6, 6.07) is 9.40. The molecule has 1 saturated heterocycles. The van der Waals surface area contributed by atoms with Crippen LogP contribution < -0.4 is 5.32 Å². The van der Waals surface area contributed by atoms with Crippen molar-refractivity contribution in [3.8, 4) is 11.1 Å². The third-order valence-corrected chi connectivity index (χ3v) is 6.33. The Morgan fingerprint density at radius 1 is 1.24 bits per heavy atom. The van der Waals surface area contributed by atoms with Crippen LogP contribution in [0.4, 0.5) is 19.0 Å². The van der Waals surface area contributed by atoms with Crippen LogP contribution in [0.1, 0.15) is 41.4 Å². The highest BCUT2D eigenvalue weighted by Crippen LogP contribution is 2.31. The highest BCUT2D eigenvalue weighted by molar-refractivity contribution is 6.01. The number of piperidine rings is 1. The topological polar surface area (TPSA) is 63.1 Å². The van der Waals surface area contributed by atoms with Crippen molar-refractivity contribution in [3.05, 3.63) is 65.6 Å². The zero-order valence-electron chi connectivity index (χ0n) is 19.4. The van der Waals surface area contributed by atoms with Gasteiger partial charge >= 0.3 is 6.18 Å². The molecule has 2 atom stereocenters. The smallest absolute Gasteiger partial charge is 0.368 e. The quantitative estimate of drug-likeness (QED) is 0.558. The van der Waals surface area contributed by atoms with Gasteiger partial charge in [0.2, 0.25) is 0 Å². The lowest BCUT2D eigenvalue weighted by Gasteiger charge is -2.40. The summed E-state index contributed by atoms with van der Waals surface area (Å²) >= 11 is 0. The highest BCUT2D eigenvalue weighted by Gasteiger charge is 2.34. The second-order valence-electron chi connectivity index (χ2n) is 8.92. The van der Waals surface area contributed by atoms with Gasteiger partial charge in [-0.1, -0.05) is 30.7 Å². The third kappa shape index (κ3) is 5.08. The number of aryl methyl sites for hydroxylation is 2. The number of rotatable bonds is 5. The zero-order chi connectivity index (χ0) is 24.5. The van der Waals surface area contributed by atoms with Crippen LogP contribution in [0.25, 0.3) is 11.1 Å². The van der Waals surface area contributed by atoms with Gasteiger partial charge in [0.15, 0.2) is 0 Å². The summed E-state index contributed by atoms with van der Waals surface area (Å²) in [6.07, 6.45) is 0.914. The van der Waals surface area contributed by atoms with Crippen LogP contribution in [-0.4, -0.2) is 44.7 Å². The third-order valence-electron chi connectivity index (χ3n) is 6.33. The maximum Gasteiger partial charge on any atom is 0.433 e. The maximum atomic E-state index is 13.8. The Hall–Kier alpha value is -3.36. The van der Waals surface area contributed by atoms with Gasteiger partial charge in [-0.25, -0.2) is 4.98 Å². The molecule has 0 radical (unpaired) electrons. The van der Waals surface area contributed by atoms with E-state index in [0.717, 1.165) is 35.6 Å². The van der Waals surface area contributed by atoms with Crippen molar-refractivity contribution in [1.29, 1.82) is 0 Å². The summed E-state index contributed by atoms with van der Waals surface area (Å²) in [5, 5.41) is 7.27. The van der Waals surface area contributed by atoms with Crippen molar-refractivity contribution < 1.29 is 18.0 Å². The molecule has 1 N–H and O–H groups in total. The van der Waals surface area contributed by atoms with Gasteiger partial charge in [-0.15, -0.1) is 0 Å². The molecule has 180 valence electrons. The van der Waals surface area contributed by atoms with Crippen molar-refractivity contribution in [2.45, 2.75) is 38.9 Å². The average molecular weight is 472 g/mol. The highest BCUT2D eigenvalue weighted by atomic mass is 19.4. The van der Waals surface area contributed by atoms with Crippen LogP contribution in [0, 0.1) is 12.8 Å². The van der Waals surface area contributed by atoms with E-state index in [-0.39, 0.29) is 23.7 Å². The first kappa shape index (κ1) is 23.8. The molecule has 2 aromatic heterocycles. The molecule has 0 aliphatic carbocycles. The molecule has 1 aromatic carbocycles. The van der Waals surface area contributed by atoms with Gasteiger partial charge in [-0.05, 0) is 49.4 Å². The lowest BCUT2D eigenvalue weighted by Crippen LogP contribution is -2.51. The van der Waals surface area contributed by atoms with Crippen LogP contribution in [0.2, 0.25) is 0 Å². The molecule has 1 aliphatic heterocycles. The Labute approximate surface area is 196 Å². The lowest BCUT2D eigenvalue weighted by atomic mass is 9.89. The van der Waals surface area contributed by atoms with Crippen molar-refractivity contribution in [1.82, 2.24) is 19.7 Å². The van der Waals surface area contributed by atoms with Gasteiger partial charge < -0.3 is 10.2 Å². The Bertz CT molecular complexity index is 1170. The molecular weight excluding hydrogens is 443 g/mol. The molecule has 1 fully saturated rings. The van der Waals surface area contributed by atoms with Crippen molar-refractivity contribution in [3.63, 3.8) is 0 Å². The number of hydrogen-bond donors (Lipinski definition) is 1. The summed E-state index contributed by atoms with van der Waals surface area (Å²) in [6.45, 7) is 4.92. The molecule has 0 spiro atoms. The number of alkyl halides is 3. The molecule has 3 aromatic rings. The number of amides is 1. The molecule has 1 amide bonds. The summed E-state index contributed by atoms with van der Waals surface area (Å²) in [5.41, 5.74) is 2.31. The Morgan fingerprint density at radius 2 is 2.03 bits per heavy atom. The molecule has 9 heteroatoms. The Kier molecular flexibility index (Phi) is 6.63. The van der Waals surface area contributed by atoms with Crippen molar-refractivity contribution in [2.75, 3.05) is 18.4 Å². The van der Waals surface area contributed by atoms with Gasteiger partial charge in [0.05, 0.1) is 12.2 Å². The van der Waals surface area contributed by atoms with E-state index >= 15 is 0 Å². The van der Waals surface area contributed by atoms with E-state index in [9.17, 15) is 18.0 Å². The number of aromatic nitrogens is 3. The second kappa shape index (κ2) is 9.48. The minimum Gasteiger partial charge on any atom is -0.368 e. The van der Waals surface area contributed by atoms with Gasteiger partial charge in [0, 0.05) is 37.5 Å². The summed E-state index contributed by atoms with van der Waals surface area (Å²) in [7, 11) is 1.83. The number of halogens is 3. The molecule has 4 rings (SSSR count). The van der Waals surface area contributed by atoms with E-state index in [1.807, 2.05) is 43.3 Å². The van der Waals surface area contributed by atoms with Gasteiger partial charge in [0.25, 0.3) is 5.91 Å². The predicted molar refractivity (Wildman–Crippen MR) is 124 cm³/mol. The van der Waals surface area contributed by atoms with E-state index in [4.69, 9.17) is 0 Å².